The summed E-state index contributed by atoms with van der Waals surface area (Å²) in [4.78, 5) is 3.45. The molecule has 1 aromatic rings. The van der Waals surface area contributed by atoms with Gasteiger partial charge in [0.25, 0.3) is 0 Å². The standard InChI is InChI=1S/C8H11FN2O.ClH/c9-8-6(2-1-4-11-8)7(10)3-5-12;/h1-2,4,7,12H,3,5,10H2;1H/t7-;/m0./s1. The number of halogens is 2. The second kappa shape index (κ2) is 5.85. The second-order valence-corrected chi connectivity index (χ2v) is 2.50. The maximum atomic E-state index is 12.9. The molecule has 0 radical (unpaired) electrons. The highest BCUT2D eigenvalue weighted by molar-refractivity contribution is 5.85. The first-order valence-electron chi connectivity index (χ1n) is 3.72. The van der Waals surface area contributed by atoms with Crippen molar-refractivity contribution in [1.82, 2.24) is 4.98 Å². The Morgan fingerprint density at radius 1 is 1.62 bits per heavy atom. The fourth-order valence-corrected chi connectivity index (χ4v) is 0.970. The molecule has 0 bridgehead atoms. The van der Waals surface area contributed by atoms with Crippen LogP contribution >= 0.6 is 12.4 Å². The maximum Gasteiger partial charge on any atom is 0.217 e. The van der Waals surface area contributed by atoms with E-state index in [1.165, 1.54) is 6.20 Å². The number of aliphatic hydroxyl groups excluding tert-OH is 1. The Balaban J connectivity index is 0.00000144. The highest BCUT2D eigenvalue weighted by atomic mass is 35.5. The van der Waals surface area contributed by atoms with E-state index in [2.05, 4.69) is 4.98 Å². The third-order valence-electron chi connectivity index (χ3n) is 1.63. The fraction of sp³-hybridized carbons (Fsp3) is 0.375. The van der Waals surface area contributed by atoms with Gasteiger partial charge in [-0.05, 0) is 12.5 Å². The fourth-order valence-electron chi connectivity index (χ4n) is 0.970. The minimum absolute atomic E-state index is 0. The van der Waals surface area contributed by atoms with E-state index < -0.39 is 12.0 Å². The number of pyridine rings is 1. The molecule has 1 atom stereocenters. The van der Waals surface area contributed by atoms with Crippen molar-refractivity contribution in [3.8, 4) is 0 Å². The van der Waals surface area contributed by atoms with Crippen molar-refractivity contribution in [3.05, 3.63) is 29.8 Å². The van der Waals surface area contributed by atoms with Gasteiger partial charge in [0.2, 0.25) is 5.95 Å². The van der Waals surface area contributed by atoms with Gasteiger partial charge in [-0.2, -0.15) is 4.39 Å². The van der Waals surface area contributed by atoms with Gasteiger partial charge in [-0.25, -0.2) is 4.98 Å². The minimum Gasteiger partial charge on any atom is -0.396 e. The van der Waals surface area contributed by atoms with Crippen molar-refractivity contribution in [3.63, 3.8) is 0 Å². The molecule has 0 aliphatic carbocycles. The molecule has 0 fully saturated rings. The first-order valence-corrected chi connectivity index (χ1v) is 3.72. The van der Waals surface area contributed by atoms with E-state index in [-0.39, 0.29) is 19.0 Å². The quantitative estimate of drug-likeness (QED) is 0.727. The summed E-state index contributed by atoms with van der Waals surface area (Å²) in [6.07, 6.45) is 1.72. The Kier molecular flexibility index (Phi) is 5.53. The molecule has 74 valence electrons. The van der Waals surface area contributed by atoms with Gasteiger partial charge in [-0.1, -0.05) is 6.07 Å². The molecular formula is C8H12ClFN2O. The normalized spacial score (nSPS) is 11.9. The molecule has 0 saturated heterocycles. The van der Waals surface area contributed by atoms with Crippen LogP contribution in [0.3, 0.4) is 0 Å². The average molecular weight is 207 g/mol. The molecule has 3 N–H and O–H groups in total. The van der Waals surface area contributed by atoms with E-state index in [4.69, 9.17) is 10.8 Å². The van der Waals surface area contributed by atoms with Crippen LogP contribution in [0, 0.1) is 5.95 Å². The number of nitrogens with two attached hydrogens (primary N) is 1. The number of aromatic nitrogens is 1. The van der Waals surface area contributed by atoms with Crippen LogP contribution in [0.2, 0.25) is 0 Å². The third-order valence-corrected chi connectivity index (χ3v) is 1.63. The molecule has 0 unspecified atom stereocenters. The van der Waals surface area contributed by atoms with Crippen molar-refractivity contribution in [2.45, 2.75) is 12.5 Å². The molecule has 3 nitrogen and oxygen atoms in total. The molecule has 0 spiro atoms. The number of rotatable bonds is 3. The monoisotopic (exact) mass is 206 g/mol. The molecule has 0 amide bonds. The smallest absolute Gasteiger partial charge is 0.217 e. The van der Waals surface area contributed by atoms with Crippen molar-refractivity contribution in [2.24, 2.45) is 5.73 Å². The Morgan fingerprint density at radius 3 is 2.85 bits per heavy atom. The summed E-state index contributed by atoms with van der Waals surface area (Å²) in [6, 6.07) is 2.72. The lowest BCUT2D eigenvalue weighted by molar-refractivity contribution is 0.275. The van der Waals surface area contributed by atoms with Gasteiger partial charge in [0, 0.05) is 24.4 Å². The summed E-state index contributed by atoms with van der Waals surface area (Å²) in [5.74, 6) is -0.557. The molecule has 1 rings (SSSR count). The van der Waals surface area contributed by atoms with Crippen molar-refractivity contribution in [2.75, 3.05) is 6.61 Å². The first-order chi connectivity index (χ1) is 5.75. The van der Waals surface area contributed by atoms with Gasteiger partial charge in [0.1, 0.15) is 0 Å². The average Bonchev–Trinajstić information content (AvgIpc) is 2.05. The summed E-state index contributed by atoms with van der Waals surface area (Å²) in [7, 11) is 0. The summed E-state index contributed by atoms with van der Waals surface area (Å²) < 4.78 is 12.9. The van der Waals surface area contributed by atoms with Crippen LogP contribution in [-0.2, 0) is 0 Å². The largest absolute Gasteiger partial charge is 0.396 e. The molecule has 13 heavy (non-hydrogen) atoms. The molecule has 0 saturated carbocycles. The molecular weight excluding hydrogens is 195 g/mol. The van der Waals surface area contributed by atoms with E-state index in [0.717, 1.165) is 0 Å². The Morgan fingerprint density at radius 2 is 2.31 bits per heavy atom. The number of hydrogen-bond acceptors (Lipinski definition) is 3. The highest BCUT2D eigenvalue weighted by Crippen LogP contribution is 2.14. The van der Waals surface area contributed by atoms with Gasteiger partial charge >= 0.3 is 0 Å². The predicted molar refractivity (Wildman–Crippen MR) is 50.1 cm³/mol. The molecule has 0 aliphatic rings. The lowest BCUT2D eigenvalue weighted by Gasteiger charge is -2.09. The third kappa shape index (κ3) is 3.26. The summed E-state index contributed by atoms with van der Waals surface area (Å²) in [5.41, 5.74) is 5.92. The van der Waals surface area contributed by atoms with Gasteiger partial charge in [-0.15, -0.1) is 12.4 Å². The first kappa shape index (κ1) is 12.3. The van der Waals surface area contributed by atoms with Crippen LogP contribution in [0.25, 0.3) is 0 Å². The SMILES string of the molecule is Cl.N[C@@H](CCO)c1cccnc1F. The summed E-state index contributed by atoms with van der Waals surface area (Å²) in [5, 5.41) is 8.57. The Labute approximate surface area is 82.2 Å². The molecule has 5 heteroatoms. The second-order valence-electron chi connectivity index (χ2n) is 2.50. The van der Waals surface area contributed by atoms with Gasteiger partial charge in [0.05, 0.1) is 0 Å². The summed E-state index contributed by atoms with van der Waals surface area (Å²) >= 11 is 0. The van der Waals surface area contributed by atoms with Gasteiger partial charge < -0.3 is 10.8 Å². The van der Waals surface area contributed by atoms with Crippen molar-refractivity contribution < 1.29 is 9.50 Å². The zero-order valence-electron chi connectivity index (χ0n) is 6.98. The zero-order chi connectivity index (χ0) is 8.97. The topological polar surface area (TPSA) is 59.1 Å². The zero-order valence-corrected chi connectivity index (χ0v) is 7.80. The van der Waals surface area contributed by atoms with E-state index >= 15 is 0 Å². The molecule has 1 heterocycles. The van der Waals surface area contributed by atoms with E-state index in [0.29, 0.717) is 12.0 Å². The van der Waals surface area contributed by atoms with Crippen molar-refractivity contribution in [1.29, 1.82) is 0 Å². The number of nitrogens with zero attached hydrogens (tertiary/aromatic N) is 1. The maximum absolute atomic E-state index is 12.9. The van der Waals surface area contributed by atoms with Crippen LogP contribution in [0.1, 0.15) is 18.0 Å². The van der Waals surface area contributed by atoms with E-state index in [1.54, 1.807) is 12.1 Å². The summed E-state index contributed by atoms with van der Waals surface area (Å²) in [6.45, 7) is -0.0461. The molecule has 0 aromatic carbocycles. The van der Waals surface area contributed by atoms with Crippen LogP contribution in [0.15, 0.2) is 18.3 Å². The van der Waals surface area contributed by atoms with Crippen LogP contribution in [0.4, 0.5) is 4.39 Å². The van der Waals surface area contributed by atoms with Crippen LogP contribution < -0.4 is 5.73 Å². The van der Waals surface area contributed by atoms with E-state index in [1.807, 2.05) is 0 Å². The molecule has 1 aromatic heterocycles. The Hall–Kier alpha value is -0.710. The highest BCUT2D eigenvalue weighted by Gasteiger charge is 2.10. The lowest BCUT2D eigenvalue weighted by atomic mass is 10.1. The number of hydrogen-bond donors (Lipinski definition) is 2. The van der Waals surface area contributed by atoms with Gasteiger partial charge in [0.15, 0.2) is 0 Å². The lowest BCUT2D eigenvalue weighted by Crippen LogP contribution is -2.14. The number of aliphatic hydroxyl groups is 1. The van der Waals surface area contributed by atoms with Crippen LogP contribution in [-0.4, -0.2) is 16.7 Å². The molecule has 0 aliphatic heterocycles. The minimum atomic E-state index is -0.557. The van der Waals surface area contributed by atoms with Crippen molar-refractivity contribution >= 4 is 12.4 Å². The Bertz CT molecular complexity index is 260. The van der Waals surface area contributed by atoms with E-state index in [9.17, 15) is 4.39 Å². The van der Waals surface area contributed by atoms with Gasteiger partial charge in [-0.3, -0.25) is 0 Å². The predicted octanol–water partition coefficient (Wildman–Crippen LogP) is 1.02. The van der Waals surface area contributed by atoms with Crippen LogP contribution in [0.5, 0.6) is 0 Å².